The summed E-state index contributed by atoms with van der Waals surface area (Å²) in [6.45, 7) is 4.20. The summed E-state index contributed by atoms with van der Waals surface area (Å²) in [7, 11) is 1.73. The van der Waals surface area contributed by atoms with E-state index in [1.807, 2.05) is 19.1 Å². The first-order chi connectivity index (χ1) is 14.6. The predicted molar refractivity (Wildman–Crippen MR) is 125 cm³/mol. The third-order valence-electron chi connectivity index (χ3n) is 5.86. The van der Waals surface area contributed by atoms with E-state index in [4.69, 9.17) is 4.74 Å². The van der Waals surface area contributed by atoms with Gasteiger partial charge in [-0.15, -0.1) is 0 Å². The summed E-state index contributed by atoms with van der Waals surface area (Å²) >= 11 is 0. The van der Waals surface area contributed by atoms with Crippen molar-refractivity contribution in [1.29, 1.82) is 0 Å². The Morgan fingerprint density at radius 3 is 3.03 bits per heavy atom. The number of carbonyl (C=O) groups excluding carboxylic acids is 1. The molecular weight excluding hydrogens is 374 g/mol. The van der Waals surface area contributed by atoms with E-state index in [2.05, 4.69) is 52.0 Å². The molecule has 0 fully saturated rings. The summed E-state index contributed by atoms with van der Waals surface area (Å²) < 4.78 is 5.42. The van der Waals surface area contributed by atoms with Crippen molar-refractivity contribution >= 4 is 29.0 Å². The van der Waals surface area contributed by atoms with Crippen LogP contribution < -0.4 is 20.3 Å². The van der Waals surface area contributed by atoms with Gasteiger partial charge in [-0.3, -0.25) is 4.79 Å². The summed E-state index contributed by atoms with van der Waals surface area (Å²) in [4.78, 5) is 14.5. The number of hydrogen-bond donors (Lipinski definition) is 2. The van der Waals surface area contributed by atoms with E-state index >= 15 is 0 Å². The van der Waals surface area contributed by atoms with Gasteiger partial charge in [0.1, 0.15) is 5.75 Å². The van der Waals surface area contributed by atoms with Crippen LogP contribution in [0.4, 0.5) is 17.1 Å². The van der Waals surface area contributed by atoms with E-state index in [-0.39, 0.29) is 11.9 Å². The van der Waals surface area contributed by atoms with Gasteiger partial charge in [0.2, 0.25) is 5.91 Å². The van der Waals surface area contributed by atoms with Gasteiger partial charge < -0.3 is 20.3 Å². The molecule has 0 unspecified atom stereocenters. The maximum atomic E-state index is 12.0. The number of hydrogen-bond acceptors (Lipinski definition) is 4. The lowest BCUT2D eigenvalue weighted by Crippen LogP contribution is -2.30. The van der Waals surface area contributed by atoms with Crippen molar-refractivity contribution in [1.82, 2.24) is 0 Å². The minimum Gasteiger partial charge on any atom is -0.497 e. The lowest BCUT2D eigenvalue weighted by Gasteiger charge is -2.31. The van der Waals surface area contributed by atoms with Crippen LogP contribution in [0.3, 0.4) is 0 Å². The molecule has 1 atom stereocenters. The first-order valence-electron chi connectivity index (χ1n) is 10.9. The van der Waals surface area contributed by atoms with Crippen LogP contribution in [0.25, 0.3) is 6.08 Å². The number of nitrogens with one attached hydrogen (secondary N) is 2. The number of allylic oxidation sites excluding steroid dienone is 1. The summed E-state index contributed by atoms with van der Waals surface area (Å²) in [5.74, 6) is 0.993. The molecule has 5 heteroatoms. The fourth-order valence-corrected chi connectivity index (χ4v) is 4.35. The lowest BCUT2D eigenvalue weighted by molar-refractivity contribution is -0.116. The van der Waals surface area contributed by atoms with E-state index in [1.165, 1.54) is 17.7 Å². The number of nitrogens with zero attached hydrogens (tertiary/aromatic N) is 1. The van der Waals surface area contributed by atoms with Gasteiger partial charge in [0, 0.05) is 37.3 Å². The molecule has 0 aromatic heterocycles. The normalized spacial score (nSPS) is 18.3. The van der Waals surface area contributed by atoms with Crippen molar-refractivity contribution in [3.05, 3.63) is 53.6 Å². The maximum Gasteiger partial charge on any atom is 0.226 e. The molecule has 0 spiro atoms. The van der Waals surface area contributed by atoms with Gasteiger partial charge in [-0.2, -0.15) is 0 Å². The standard InChI is InChI=1S/C25H31N3O2/c1-18-16-24(29)27-22-11-6-9-20(25(22)26-18)8-4-3-5-14-28-15-7-10-19-12-13-21(30-2)17-23(19)28/h4,6,8-9,11-13,17-18,26H,3,5,7,10,14-16H2,1-2H3,(H,27,29)/b8-4+/t18-/m0/s1. The molecule has 2 aromatic carbocycles. The number of aryl methyl sites for hydroxylation is 1. The molecule has 2 heterocycles. The van der Waals surface area contributed by atoms with Gasteiger partial charge in [-0.25, -0.2) is 0 Å². The Bertz CT molecular complexity index is 938. The van der Waals surface area contributed by atoms with Crippen molar-refractivity contribution in [3.63, 3.8) is 0 Å². The largest absolute Gasteiger partial charge is 0.497 e. The number of methoxy groups -OCH3 is 1. The molecular formula is C25H31N3O2. The van der Waals surface area contributed by atoms with Gasteiger partial charge in [-0.05, 0) is 55.9 Å². The highest BCUT2D eigenvalue weighted by Crippen LogP contribution is 2.32. The SMILES string of the molecule is COc1ccc2c(c1)N(CCC/C=C/c1cccc3c1N[C@@H](C)CC(=O)N3)CCC2. The summed E-state index contributed by atoms with van der Waals surface area (Å²) in [6.07, 6.45) is 9.37. The van der Waals surface area contributed by atoms with E-state index in [9.17, 15) is 4.79 Å². The zero-order valence-electron chi connectivity index (χ0n) is 17.9. The number of amides is 1. The molecule has 158 valence electrons. The maximum absolute atomic E-state index is 12.0. The Balaban J connectivity index is 1.37. The third-order valence-corrected chi connectivity index (χ3v) is 5.86. The zero-order valence-corrected chi connectivity index (χ0v) is 17.9. The van der Waals surface area contributed by atoms with E-state index in [0.717, 1.165) is 55.0 Å². The van der Waals surface area contributed by atoms with Gasteiger partial charge in [0.15, 0.2) is 0 Å². The molecule has 0 bridgehead atoms. The summed E-state index contributed by atoms with van der Waals surface area (Å²) in [5.41, 5.74) is 5.75. The fraction of sp³-hybridized carbons (Fsp3) is 0.400. The second kappa shape index (κ2) is 9.24. The number of ether oxygens (including phenoxy) is 1. The third kappa shape index (κ3) is 4.61. The van der Waals surface area contributed by atoms with Crippen molar-refractivity contribution in [2.45, 2.75) is 45.1 Å². The number of para-hydroxylation sites is 1. The quantitative estimate of drug-likeness (QED) is 0.658. The Labute approximate surface area is 179 Å². The van der Waals surface area contributed by atoms with Crippen LogP contribution in [0.1, 0.15) is 43.7 Å². The van der Waals surface area contributed by atoms with Crippen molar-refractivity contribution < 1.29 is 9.53 Å². The molecule has 0 saturated carbocycles. The number of fused-ring (bicyclic) bond motifs is 2. The molecule has 4 rings (SSSR count). The molecule has 2 aliphatic rings. The van der Waals surface area contributed by atoms with Crippen molar-refractivity contribution in [2.75, 3.05) is 35.7 Å². The Morgan fingerprint density at radius 1 is 1.27 bits per heavy atom. The van der Waals surface area contributed by atoms with Crippen LogP contribution in [-0.2, 0) is 11.2 Å². The fourth-order valence-electron chi connectivity index (χ4n) is 4.35. The van der Waals surface area contributed by atoms with Crippen LogP contribution >= 0.6 is 0 Å². The number of carbonyl (C=O) groups is 1. The molecule has 0 saturated heterocycles. The molecule has 5 nitrogen and oxygen atoms in total. The number of rotatable bonds is 6. The van der Waals surface area contributed by atoms with Crippen LogP contribution in [0, 0.1) is 0 Å². The summed E-state index contributed by atoms with van der Waals surface area (Å²) in [5, 5.41) is 6.49. The van der Waals surface area contributed by atoms with Gasteiger partial charge >= 0.3 is 0 Å². The monoisotopic (exact) mass is 405 g/mol. The van der Waals surface area contributed by atoms with Crippen molar-refractivity contribution in [2.24, 2.45) is 0 Å². The van der Waals surface area contributed by atoms with Crippen LogP contribution in [0.15, 0.2) is 42.5 Å². The molecule has 1 amide bonds. The van der Waals surface area contributed by atoms with Gasteiger partial charge in [0.05, 0.1) is 18.5 Å². The molecule has 30 heavy (non-hydrogen) atoms. The van der Waals surface area contributed by atoms with Crippen LogP contribution in [0.2, 0.25) is 0 Å². The van der Waals surface area contributed by atoms with Crippen molar-refractivity contribution in [3.8, 4) is 5.75 Å². The van der Waals surface area contributed by atoms with E-state index in [1.54, 1.807) is 7.11 Å². The Morgan fingerprint density at radius 2 is 2.17 bits per heavy atom. The first-order valence-corrected chi connectivity index (χ1v) is 10.9. The number of unbranched alkanes of at least 4 members (excludes halogenated alkanes) is 1. The average molecular weight is 406 g/mol. The first kappa shape index (κ1) is 20.3. The summed E-state index contributed by atoms with van der Waals surface area (Å²) in [6, 6.07) is 12.6. The minimum absolute atomic E-state index is 0.0633. The lowest BCUT2D eigenvalue weighted by atomic mass is 10.0. The van der Waals surface area contributed by atoms with Crippen LogP contribution in [-0.4, -0.2) is 32.1 Å². The Hall–Kier alpha value is -2.95. The topological polar surface area (TPSA) is 53.6 Å². The molecule has 0 radical (unpaired) electrons. The highest BCUT2D eigenvalue weighted by atomic mass is 16.5. The molecule has 2 aliphatic heterocycles. The molecule has 2 N–H and O–H groups in total. The predicted octanol–water partition coefficient (Wildman–Crippen LogP) is 5.08. The van der Waals surface area contributed by atoms with Gasteiger partial charge in [0.25, 0.3) is 0 Å². The van der Waals surface area contributed by atoms with Gasteiger partial charge in [-0.1, -0.05) is 30.4 Å². The second-order valence-corrected chi connectivity index (χ2v) is 8.20. The average Bonchev–Trinajstić information content (AvgIpc) is 2.90. The highest BCUT2D eigenvalue weighted by molar-refractivity contribution is 5.98. The molecule has 2 aromatic rings. The second-order valence-electron chi connectivity index (χ2n) is 8.20. The van der Waals surface area contributed by atoms with Crippen LogP contribution in [0.5, 0.6) is 5.75 Å². The number of benzene rings is 2. The van der Waals surface area contributed by atoms with E-state index < -0.39 is 0 Å². The smallest absolute Gasteiger partial charge is 0.226 e. The minimum atomic E-state index is 0.0633. The number of anilines is 3. The zero-order chi connectivity index (χ0) is 20.9. The van der Waals surface area contributed by atoms with E-state index in [0.29, 0.717) is 6.42 Å². The molecule has 0 aliphatic carbocycles. The highest BCUT2D eigenvalue weighted by Gasteiger charge is 2.19. The Kier molecular flexibility index (Phi) is 6.26.